The Bertz CT molecular complexity index is 923. The highest BCUT2D eigenvalue weighted by Gasteiger charge is 2.57. The minimum absolute atomic E-state index is 0.0916. The number of carbonyl (C=O) groups is 3. The summed E-state index contributed by atoms with van der Waals surface area (Å²) in [4.78, 5) is 42.2. The van der Waals surface area contributed by atoms with Crippen molar-refractivity contribution < 1.29 is 24.2 Å². The Kier molecular flexibility index (Phi) is 9.49. The highest BCUT2D eigenvalue weighted by atomic mass is 16.5. The number of rotatable bonds is 11. The minimum atomic E-state index is -0.685. The molecular formula is C28H40N2O5. The van der Waals surface area contributed by atoms with E-state index >= 15 is 0 Å². The predicted octanol–water partition coefficient (Wildman–Crippen LogP) is 4.01. The number of hydrogen-bond acceptors (Lipinski definition) is 5. The van der Waals surface area contributed by atoms with E-state index in [2.05, 4.69) is 5.32 Å². The number of likely N-dealkylation sites (tertiary alicyclic amines) is 1. The van der Waals surface area contributed by atoms with Crippen LogP contribution in [0.25, 0.3) is 0 Å². The summed E-state index contributed by atoms with van der Waals surface area (Å²) < 4.78 is 5.39. The second-order valence-corrected chi connectivity index (χ2v) is 9.71. The molecule has 2 aliphatic rings. The monoisotopic (exact) mass is 484 g/mol. The molecule has 5 atom stereocenters. The number of benzene rings is 1. The molecule has 35 heavy (non-hydrogen) atoms. The zero-order chi connectivity index (χ0) is 25.5. The third-order valence-electron chi connectivity index (χ3n) is 7.45. The molecule has 1 saturated heterocycles. The molecule has 192 valence electrons. The lowest BCUT2D eigenvalue weighted by Crippen LogP contribution is -2.45. The van der Waals surface area contributed by atoms with Crippen LogP contribution in [0.15, 0.2) is 30.4 Å². The summed E-state index contributed by atoms with van der Waals surface area (Å²) in [6, 6.07) is 5.17. The van der Waals surface area contributed by atoms with Gasteiger partial charge in [-0.25, -0.2) is 0 Å². The van der Waals surface area contributed by atoms with Crippen molar-refractivity contribution in [2.45, 2.75) is 65.8 Å². The molecular weight excluding hydrogens is 444 g/mol. The first kappa shape index (κ1) is 26.9. The number of unbranched alkanes of at least 4 members (excludes halogenated alkanes) is 3. The first-order valence-corrected chi connectivity index (χ1v) is 13.0. The number of allylic oxidation sites excluding steroid dienone is 1. The molecule has 0 saturated carbocycles. The van der Waals surface area contributed by atoms with E-state index in [4.69, 9.17) is 9.84 Å². The largest absolute Gasteiger partial charge is 0.466 e. The number of anilines is 1. The zero-order valence-corrected chi connectivity index (χ0v) is 21.5. The van der Waals surface area contributed by atoms with Crippen LogP contribution < -0.4 is 5.32 Å². The van der Waals surface area contributed by atoms with Crippen molar-refractivity contribution in [1.29, 1.82) is 0 Å². The summed E-state index contributed by atoms with van der Waals surface area (Å²) in [5.74, 6) is -2.38. The lowest BCUT2D eigenvalue weighted by Gasteiger charge is -2.33. The van der Waals surface area contributed by atoms with E-state index in [9.17, 15) is 14.4 Å². The van der Waals surface area contributed by atoms with Gasteiger partial charge in [-0.3, -0.25) is 14.4 Å². The van der Waals surface area contributed by atoms with Gasteiger partial charge in [0.05, 0.1) is 18.4 Å². The normalized spacial score (nSPS) is 25.5. The third-order valence-corrected chi connectivity index (χ3v) is 7.45. The van der Waals surface area contributed by atoms with Gasteiger partial charge >= 0.3 is 5.97 Å². The number of para-hydroxylation sites is 1. The van der Waals surface area contributed by atoms with Gasteiger partial charge in [0.2, 0.25) is 11.8 Å². The van der Waals surface area contributed by atoms with Crippen molar-refractivity contribution in [3.05, 3.63) is 41.5 Å². The van der Waals surface area contributed by atoms with Gasteiger partial charge in [0.15, 0.2) is 0 Å². The van der Waals surface area contributed by atoms with E-state index in [-0.39, 0.29) is 42.8 Å². The maximum absolute atomic E-state index is 13.8. The summed E-state index contributed by atoms with van der Waals surface area (Å²) in [6.45, 7) is 8.53. The fourth-order valence-corrected chi connectivity index (χ4v) is 5.64. The number of aryl methyl sites for hydroxylation is 2. The van der Waals surface area contributed by atoms with Gasteiger partial charge in [-0.15, -0.1) is 0 Å². The number of nitrogens with zero attached hydrogens (tertiary/aromatic N) is 1. The molecule has 1 aliphatic carbocycles. The number of aliphatic hydroxyl groups excluding tert-OH is 1. The fraction of sp³-hybridized carbons (Fsp3) is 0.607. The topological polar surface area (TPSA) is 95.9 Å². The number of aliphatic hydroxyl groups is 1. The summed E-state index contributed by atoms with van der Waals surface area (Å²) in [7, 11) is 0. The Morgan fingerprint density at radius 1 is 1.06 bits per heavy atom. The molecule has 2 amide bonds. The molecule has 0 bridgehead atoms. The van der Waals surface area contributed by atoms with Crippen molar-refractivity contribution in [2.75, 3.05) is 25.1 Å². The molecule has 7 nitrogen and oxygen atoms in total. The van der Waals surface area contributed by atoms with Crippen molar-refractivity contribution in [1.82, 2.24) is 4.90 Å². The van der Waals surface area contributed by atoms with Crippen LogP contribution in [0.1, 0.15) is 57.1 Å². The predicted molar refractivity (Wildman–Crippen MR) is 136 cm³/mol. The van der Waals surface area contributed by atoms with Crippen molar-refractivity contribution in [3.8, 4) is 0 Å². The van der Waals surface area contributed by atoms with E-state index in [0.29, 0.717) is 6.54 Å². The average molecular weight is 485 g/mol. The van der Waals surface area contributed by atoms with Crippen molar-refractivity contribution >= 4 is 23.5 Å². The van der Waals surface area contributed by atoms with Gasteiger partial charge < -0.3 is 20.1 Å². The van der Waals surface area contributed by atoms with Crippen LogP contribution in [0.2, 0.25) is 0 Å². The molecule has 7 heteroatoms. The molecule has 2 N–H and O–H groups in total. The summed E-state index contributed by atoms with van der Waals surface area (Å²) in [5.41, 5.74) is 2.69. The van der Waals surface area contributed by atoms with Gasteiger partial charge in [0.1, 0.15) is 6.04 Å². The maximum Gasteiger partial charge on any atom is 0.310 e. The minimum Gasteiger partial charge on any atom is -0.466 e. The number of carbonyl (C=O) groups excluding carboxylic acids is 3. The highest BCUT2D eigenvalue weighted by Crippen LogP contribution is 2.45. The summed E-state index contributed by atoms with van der Waals surface area (Å²) in [5, 5.41) is 12.2. The second kappa shape index (κ2) is 12.3. The van der Waals surface area contributed by atoms with Gasteiger partial charge in [0, 0.05) is 24.8 Å². The van der Waals surface area contributed by atoms with Crippen LogP contribution in [0.3, 0.4) is 0 Å². The Morgan fingerprint density at radius 3 is 2.37 bits per heavy atom. The van der Waals surface area contributed by atoms with E-state index < -0.39 is 17.9 Å². The van der Waals surface area contributed by atoms with Gasteiger partial charge in [-0.2, -0.15) is 0 Å². The van der Waals surface area contributed by atoms with E-state index in [0.717, 1.165) is 48.9 Å². The zero-order valence-electron chi connectivity index (χ0n) is 21.5. The highest BCUT2D eigenvalue weighted by molar-refractivity contribution is 6.02. The number of ether oxygens (including phenoxy) is 1. The summed E-state index contributed by atoms with van der Waals surface area (Å²) >= 11 is 0. The molecule has 1 fully saturated rings. The molecule has 1 aliphatic heterocycles. The van der Waals surface area contributed by atoms with Crippen LogP contribution in [-0.2, 0) is 19.1 Å². The first-order valence-electron chi connectivity index (χ1n) is 13.0. The molecule has 0 unspecified atom stereocenters. The van der Waals surface area contributed by atoms with E-state index in [1.807, 2.05) is 51.1 Å². The van der Waals surface area contributed by atoms with Crippen LogP contribution in [0.4, 0.5) is 5.69 Å². The number of fused-ring (bicyclic) bond motifs is 1. The molecule has 1 heterocycles. The molecule has 0 radical (unpaired) electrons. The lowest BCUT2D eigenvalue weighted by atomic mass is 9.69. The van der Waals surface area contributed by atoms with E-state index in [1.54, 1.807) is 11.8 Å². The average Bonchev–Trinajstić information content (AvgIpc) is 3.12. The molecule has 1 aromatic carbocycles. The van der Waals surface area contributed by atoms with Gasteiger partial charge in [0.25, 0.3) is 0 Å². The maximum atomic E-state index is 13.8. The number of nitrogens with one attached hydrogen (secondary N) is 1. The van der Waals surface area contributed by atoms with Crippen molar-refractivity contribution in [3.63, 3.8) is 0 Å². The van der Waals surface area contributed by atoms with Crippen LogP contribution in [0.5, 0.6) is 0 Å². The first-order chi connectivity index (χ1) is 16.8. The quantitative estimate of drug-likeness (QED) is 0.281. The Balaban J connectivity index is 1.93. The smallest absolute Gasteiger partial charge is 0.310 e. The SMILES string of the molecule is CCOC(=O)[C@H]1[C@@H]2C(=O)N(CCCCCCO)[C@H](C(=O)Nc3c(C)cccc3C)[C@H]2C=C[C@H]1CC. The summed E-state index contributed by atoms with van der Waals surface area (Å²) in [6.07, 6.45) is 7.89. The fourth-order valence-electron chi connectivity index (χ4n) is 5.64. The Labute approximate surface area is 208 Å². The lowest BCUT2D eigenvalue weighted by molar-refractivity contribution is -0.155. The molecule has 0 spiro atoms. The van der Waals surface area contributed by atoms with Gasteiger partial charge in [-0.1, -0.05) is 50.1 Å². The Hall–Kier alpha value is -2.67. The molecule has 3 rings (SSSR count). The standard InChI is InChI=1S/C28H40N2O5/c1-5-20-14-15-21-23(22(20)28(34)35-6-2)27(33)30(16-9-7-8-10-17-31)25(21)26(32)29-24-18(3)12-11-13-19(24)4/h11-15,20-23,25,31H,5-10,16-17H2,1-4H3,(H,29,32)/t20-,21+,22-,23-,25+/m1/s1. The van der Waals surface area contributed by atoms with Crippen LogP contribution >= 0.6 is 0 Å². The van der Waals surface area contributed by atoms with Gasteiger partial charge in [-0.05, 0) is 57.1 Å². The second-order valence-electron chi connectivity index (χ2n) is 9.71. The van der Waals surface area contributed by atoms with Crippen molar-refractivity contribution in [2.24, 2.45) is 23.7 Å². The van der Waals surface area contributed by atoms with Crippen LogP contribution in [-0.4, -0.2) is 53.6 Å². The molecule has 1 aromatic rings. The number of amides is 2. The molecule has 0 aromatic heterocycles. The van der Waals surface area contributed by atoms with E-state index in [1.165, 1.54) is 0 Å². The van der Waals surface area contributed by atoms with Crippen LogP contribution in [0, 0.1) is 37.5 Å². The third kappa shape index (κ3) is 5.77. The Morgan fingerprint density at radius 2 is 1.74 bits per heavy atom. The number of hydrogen-bond donors (Lipinski definition) is 2. The number of esters is 1.